The fourth-order valence-electron chi connectivity index (χ4n) is 6.85. The largest absolute Gasteiger partial charge is 0.301 e. The molecular formula is C31H48N2. The number of unbranched alkanes of at least 4 members (excludes halogenated alkanes) is 2. The van der Waals surface area contributed by atoms with Gasteiger partial charge in [-0.05, 0) is 94.0 Å². The second-order valence-corrected chi connectivity index (χ2v) is 11.2. The van der Waals surface area contributed by atoms with E-state index in [4.69, 9.17) is 4.98 Å². The summed E-state index contributed by atoms with van der Waals surface area (Å²) in [6.45, 7) is 9.47. The number of benzene rings is 1. The summed E-state index contributed by atoms with van der Waals surface area (Å²) in [5.41, 5.74) is 5.63. The number of aromatic nitrogens is 1. The van der Waals surface area contributed by atoms with Crippen LogP contribution in [0.2, 0.25) is 0 Å². The van der Waals surface area contributed by atoms with Crippen LogP contribution >= 0.6 is 0 Å². The Bertz CT molecular complexity index is 867. The summed E-state index contributed by atoms with van der Waals surface area (Å²) in [6, 6.07) is 9.68. The quantitative estimate of drug-likeness (QED) is 0.304. The van der Waals surface area contributed by atoms with Crippen molar-refractivity contribution in [3.05, 3.63) is 41.1 Å². The lowest BCUT2D eigenvalue weighted by Crippen LogP contribution is -2.34. The van der Waals surface area contributed by atoms with Gasteiger partial charge in [-0.3, -0.25) is 4.98 Å². The van der Waals surface area contributed by atoms with Crippen LogP contribution in [0.15, 0.2) is 24.3 Å². The van der Waals surface area contributed by atoms with Crippen molar-refractivity contribution in [3.63, 3.8) is 0 Å². The minimum Gasteiger partial charge on any atom is -0.301 e. The summed E-state index contributed by atoms with van der Waals surface area (Å²) in [5, 5.41) is 1.40. The van der Waals surface area contributed by atoms with Gasteiger partial charge in [-0.15, -0.1) is 0 Å². The monoisotopic (exact) mass is 448 g/mol. The van der Waals surface area contributed by atoms with Gasteiger partial charge in [0.15, 0.2) is 0 Å². The van der Waals surface area contributed by atoms with Gasteiger partial charge >= 0.3 is 0 Å². The summed E-state index contributed by atoms with van der Waals surface area (Å²) in [6.07, 6.45) is 19.4. The molecule has 4 rings (SSSR count). The Hall–Kier alpha value is -1.41. The Morgan fingerprint density at radius 3 is 2.45 bits per heavy atom. The first-order chi connectivity index (χ1) is 16.2. The van der Waals surface area contributed by atoms with E-state index in [1.807, 2.05) is 0 Å². The second kappa shape index (κ2) is 12.3. The van der Waals surface area contributed by atoms with E-state index in [0.29, 0.717) is 0 Å². The van der Waals surface area contributed by atoms with Crippen LogP contribution in [0, 0.1) is 18.8 Å². The zero-order valence-corrected chi connectivity index (χ0v) is 21.7. The average Bonchev–Trinajstić information content (AvgIpc) is 3.49. The molecule has 1 aromatic heterocycles. The van der Waals surface area contributed by atoms with Gasteiger partial charge in [-0.2, -0.15) is 0 Å². The normalized spacial score (nSPS) is 21.6. The minimum atomic E-state index is 0.820. The van der Waals surface area contributed by atoms with Gasteiger partial charge < -0.3 is 4.90 Å². The van der Waals surface area contributed by atoms with E-state index in [1.54, 1.807) is 11.1 Å². The predicted molar refractivity (Wildman–Crippen MR) is 143 cm³/mol. The number of hydrogen-bond acceptors (Lipinski definition) is 2. The maximum atomic E-state index is 5.02. The molecule has 0 saturated heterocycles. The van der Waals surface area contributed by atoms with Gasteiger partial charge in [0.25, 0.3) is 0 Å². The summed E-state index contributed by atoms with van der Waals surface area (Å²) >= 11 is 0. The highest BCUT2D eigenvalue weighted by molar-refractivity contribution is 5.83. The third kappa shape index (κ3) is 6.59. The van der Waals surface area contributed by atoms with Crippen molar-refractivity contribution < 1.29 is 0 Å². The first-order valence-electron chi connectivity index (χ1n) is 14.3. The van der Waals surface area contributed by atoms with Gasteiger partial charge in [-0.1, -0.05) is 77.0 Å². The molecule has 2 aliphatic rings. The maximum Gasteiger partial charge on any atom is 0.0708 e. The molecule has 2 saturated carbocycles. The van der Waals surface area contributed by atoms with Crippen molar-refractivity contribution in [1.82, 2.24) is 9.88 Å². The van der Waals surface area contributed by atoms with Crippen LogP contribution < -0.4 is 0 Å². The smallest absolute Gasteiger partial charge is 0.0708 e. The van der Waals surface area contributed by atoms with Crippen molar-refractivity contribution in [1.29, 1.82) is 0 Å². The van der Waals surface area contributed by atoms with Gasteiger partial charge in [0.1, 0.15) is 0 Å². The molecule has 0 aliphatic heterocycles. The molecule has 0 radical (unpaired) electrons. The number of nitrogens with zero attached hydrogens (tertiary/aromatic N) is 2. The van der Waals surface area contributed by atoms with Crippen LogP contribution in [0.3, 0.4) is 0 Å². The van der Waals surface area contributed by atoms with Crippen molar-refractivity contribution in [3.8, 4) is 0 Å². The van der Waals surface area contributed by atoms with Crippen molar-refractivity contribution in [2.24, 2.45) is 11.8 Å². The van der Waals surface area contributed by atoms with Crippen molar-refractivity contribution >= 4 is 10.9 Å². The summed E-state index contributed by atoms with van der Waals surface area (Å²) in [7, 11) is 0. The van der Waals surface area contributed by atoms with Crippen LogP contribution in [0.5, 0.6) is 0 Å². The van der Waals surface area contributed by atoms with E-state index < -0.39 is 0 Å². The lowest BCUT2D eigenvalue weighted by molar-refractivity contribution is 0.203. The lowest BCUT2D eigenvalue weighted by Gasteiger charge is -2.28. The first kappa shape index (κ1) is 24.7. The van der Waals surface area contributed by atoms with Gasteiger partial charge in [0, 0.05) is 17.1 Å². The zero-order chi connectivity index (χ0) is 23.0. The number of pyridine rings is 1. The highest BCUT2D eigenvalue weighted by Gasteiger charge is 2.25. The lowest BCUT2D eigenvalue weighted by atomic mass is 9.92. The van der Waals surface area contributed by atoms with E-state index in [0.717, 1.165) is 17.9 Å². The summed E-state index contributed by atoms with van der Waals surface area (Å²) in [4.78, 5) is 7.78. The van der Waals surface area contributed by atoms with Crippen LogP contribution in [-0.2, 0) is 12.8 Å². The number of rotatable bonds is 12. The zero-order valence-electron chi connectivity index (χ0n) is 21.7. The molecule has 0 spiro atoms. The SMILES string of the molecule is CCN(CCCc1c(CCCCCC2CCCC2)c(C)nc2ccccc12)C1CCC(C)C1. The Morgan fingerprint density at radius 1 is 0.909 bits per heavy atom. The molecule has 2 unspecified atom stereocenters. The van der Waals surface area contributed by atoms with E-state index in [-0.39, 0.29) is 0 Å². The van der Waals surface area contributed by atoms with Gasteiger partial charge in [-0.25, -0.2) is 0 Å². The highest BCUT2D eigenvalue weighted by atomic mass is 15.1. The molecule has 182 valence electrons. The first-order valence-corrected chi connectivity index (χ1v) is 14.3. The Morgan fingerprint density at radius 2 is 1.70 bits per heavy atom. The second-order valence-electron chi connectivity index (χ2n) is 11.2. The third-order valence-corrected chi connectivity index (χ3v) is 8.79. The van der Waals surface area contributed by atoms with E-state index in [9.17, 15) is 0 Å². The molecule has 1 aromatic carbocycles. The molecule has 2 aliphatic carbocycles. The standard InChI is InChI=1S/C31H48N2/c1-4-33(27-21-20-24(2)23-27)22-12-18-29-28(16-7-5-6-13-26-14-8-9-15-26)25(3)32-31-19-11-10-17-30(29)31/h10-11,17,19,24,26-27H,4-9,12-16,18,20-23H2,1-3H3. The minimum absolute atomic E-state index is 0.820. The van der Waals surface area contributed by atoms with E-state index >= 15 is 0 Å². The Balaban J connectivity index is 1.38. The fourth-order valence-corrected chi connectivity index (χ4v) is 6.85. The molecule has 2 nitrogen and oxygen atoms in total. The molecule has 2 atom stereocenters. The molecular weight excluding hydrogens is 400 g/mol. The molecule has 2 fully saturated rings. The summed E-state index contributed by atoms with van der Waals surface area (Å²) in [5.74, 6) is 1.95. The van der Waals surface area contributed by atoms with Crippen LogP contribution in [0.4, 0.5) is 0 Å². The third-order valence-electron chi connectivity index (χ3n) is 8.79. The highest BCUT2D eigenvalue weighted by Crippen LogP contribution is 2.31. The number of aryl methyl sites for hydroxylation is 2. The average molecular weight is 449 g/mol. The summed E-state index contributed by atoms with van der Waals surface area (Å²) < 4.78 is 0. The maximum absolute atomic E-state index is 5.02. The van der Waals surface area contributed by atoms with E-state index in [2.05, 4.69) is 49.9 Å². The van der Waals surface area contributed by atoms with Crippen molar-refractivity contribution in [2.75, 3.05) is 13.1 Å². The molecule has 1 heterocycles. The van der Waals surface area contributed by atoms with Gasteiger partial charge in [0.05, 0.1) is 5.52 Å². The van der Waals surface area contributed by atoms with Crippen LogP contribution in [0.1, 0.15) is 108 Å². The van der Waals surface area contributed by atoms with E-state index in [1.165, 1.54) is 120 Å². The molecule has 0 N–H and O–H groups in total. The Kier molecular flexibility index (Phi) is 9.24. The number of para-hydroxylation sites is 1. The predicted octanol–water partition coefficient (Wildman–Crippen LogP) is 8.28. The van der Waals surface area contributed by atoms with Crippen LogP contribution in [-0.4, -0.2) is 29.0 Å². The number of fused-ring (bicyclic) bond motifs is 1. The fraction of sp³-hybridized carbons (Fsp3) is 0.710. The Labute approximate surface area is 203 Å². The molecule has 0 bridgehead atoms. The topological polar surface area (TPSA) is 16.1 Å². The van der Waals surface area contributed by atoms with Crippen molar-refractivity contribution in [2.45, 2.75) is 117 Å². The molecule has 2 heteroatoms. The molecule has 33 heavy (non-hydrogen) atoms. The van der Waals surface area contributed by atoms with Crippen LogP contribution in [0.25, 0.3) is 10.9 Å². The van der Waals surface area contributed by atoms with Gasteiger partial charge in [0.2, 0.25) is 0 Å². The molecule has 2 aromatic rings. The number of hydrogen-bond donors (Lipinski definition) is 0. The molecule has 0 amide bonds.